The normalized spacial score (nSPS) is 13.4. The molecular weight excluding hydrogens is 316 g/mol. The molecule has 23 heavy (non-hydrogen) atoms. The molecule has 3 aromatic rings. The molecule has 1 amide bonds. The van der Waals surface area contributed by atoms with Gasteiger partial charge in [0.25, 0.3) is 5.91 Å². The van der Waals surface area contributed by atoms with Gasteiger partial charge in [-0.05, 0) is 41.4 Å². The minimum atomic E-state index is -1.02. The van der Waals surface area contributed by atoms with E-state index in [0.29, 0.717) is 21.7 Å². The summed E-state index contributed by atoms with van der Waals surface area (Å²) < 4.78 is 5.13. The number of H-pyrrole nitrogens is 1. The van der Waals surface area contributed by atoms with Gasteiger partial charge in [-0.2, -0.15) is 5.10 Å². The van der Waals surface area contributed by atoms with E-state index in [0.717, 1.165) is 16.5 Å². The first-order chi connectivity index (χ1) is 11.1. The molecular formula is C15H11BClN3O3. The molecule has 1 aliphatic heterocycles. The Morgan fingerprint density at radius 2 is 2.26 bits per heavy atom. The summed E-state index contributed by atoms with van der Waals surface area (Å²) in [4.78, 5) is 12.5. The number of hydrogen-bond donors (Lipinski definition) is 3. The van der Waals surface area contributed by atoms with Crippen LogP contribution in [0.25, 0.3) is 10.9 Å². The van der Waals surface area contributed by atoms with Crippen LogP contribution in [0.4, 0.5) is 5.69 Å². The van der Waals surface area contributed by atoms with Gasteiger partial charge < -0.3 is 15.0 Å². The van der Waals surface area contributed by atoms with Gasteiger partial charge in [-0.25, -0.2) is 0 Å². The van der Waals surface area contributed by atoms with E-state index in [2.05, 4.69) is 15.5 Å². The van der Waals surface area contributed by atoms with Gasteiger partial charge in [-0.1, -0.05) is 11.6 Å². The average molecular weight is 328 g/mol. The number of fused-ring (bicyclic) bond motifs is 2. The van der Waals surface area contributed by atoms with Crippen molar-refractivity contribution in [3.05, 3.63) is 52.7 Å². The zero-order chi connectivity index (χ0) is 16.0. The van der Waals surface area contributed by atoms with E-state index < -0.39 is 7.12 Å². The first kappa shape index (κ1) is 14.3. The van der Waals surface area contributed by atoms with Gasteiger partial charge in [0, 0.05) is 11.1 Å². The summed E-state index contributed by atoms with van der Waals surface area (Å²) in [6.07, 6.45) is 1.68. The number of nitrogens with zero attached hydrogens (tertiary/aromatic N) is 1. The minimum absolute atomic E-state index is 0.287. The molecule has 3 N–H and O–H groups in total. The van der Waals surface area contributed by atoms with Crippen LogP contribution < -0.4 is 10.8 Å². The molecule has 0 atom stereocenters. The number of halogens is 1. The van der Waals surface area contributed by atoms with Crippen LogP contribution in [0.5, 0.6) is 0 Å². The third-order valence-electron chi connectivity index (χ3n) is 3.83. The third-order valence-corrected chi connectivity index (χ3v) is 4.15. The van der Waals surface area contributed by atoms with Gasteiger partial charge >= 0.3 is 7.12 Å². The number of benzene rings is 2. The first-order valence-corrected chi connectivity index (χ1v) is 7.36. The predicted molar refractivity (Wildman–Crippen MR) is 87.9 cm³/mol. The van der Waals surface area contributed by atoms with E-state index in [-0.39, 0.29) is 12.5 Å². The molecule has 1 aromatic heterocycles. The lowest BCUT2D eigenvalue weighted by molar-refractivity contribution is 0.102. The molecule has 8 heteroatoms. The summed E-state index contributed by atoms with van der Waals surface area (Å²) in [6.45, 7) is 0.287. The summed E-state index contributed by atoms with van der Waals surface area (Å²) in [5.41, 5.74) is 3.18. The van der Waals surface area contributed by atoms with Crippen molar-refractivity contribution in [1.82, 2.24) is 10.2 Å². The lowest BCUT2D eigenvalue weighted by Crippen LogP contribution is -2.29. The smallest absolute Gasteiger partial charge is 0.423 e. The fourth-order valence-electron chi connectivity index (χ4n) is 2.64. The van der Waals surface area contributed by atoms with E-state index in [1.165, 1.54) is 0 Å². The second kappa shape index (κ2) is 5.38. The monoisotopic (exact) mass is 327 g/mol. The fourth-order valence-corrected chi connectivity index (χ4v) is 2.91. The lowest BCUT2D eigenvalue weighted by atomic mass is 9.78. The van der Waals surface area contributed by atoms with Crippen molar-refractivity contribution in [2.45, 2.75) is 6.61 Å². The number of amides is 1. The Balaban J connectivity index is 1.65. The number of nitrogens with one attached hydrogen (secondary N) is 2. The van der Waals surface area contributed by atoms with Gasteiger partial charge in [0.2, 0.25) is 0 Å². The molecule has 0 bridgehead atoms. The molecule has 2 aromatic carbocycles. The van der Waals surface area contributed by atoms with Crippen molar-refractivity contribution in [2.75, 3.05) is 5.32 Å². The molecule has 2 heterocycles. The summed E-state index contributed by atoms with van der Waals surface area (Å²) in [5.74, 6) is -0.347. The van der Waals surface area contributed by atoms with Crippen molar-refractivity contribution in [2.24, 2.45) is 0 Å². The standard InChI is InChI=1S/C15H11BClN3O3/c17-13-4-9-7-23-16(22)12(9)5-11(13)15(21)19-10-1-2-14-8(3-10)6-18-20-14/h1-6,22H,7H2,(H,18,20)(H,19,21). The van der Waals surface area contributed by atoms with Crippen LogP contribution in [0.3, 0.4) is 0 Å². The minimum Gasteiger partial charge on any atom is -0.423 e. The highest BCUT2D eigenvalue weighted by Gasteiger charge is 2.29. The number of aromatic nitrogens is 2. The number of carbonyl (C=O) groups is 1. The zero-order valence-corrected chi connectivity index (χ0v) is 12.6. The molecule has 0 saturated carbocycles. The van der Waals surface area contributed by atoms with E-state index >= 15 is 0 Å². The Labute approximate surface area is 136 Å². The highest BCUT2D eigenvalue weighted by Crippen LogP contribution is 2.23. The van der Waals surface area contributed by atoms with Crippen LogP contribution in [0.1, 0.15) is 15.9 Å². The molecule has 114 valence electrons. The summed E-state index contributed by atoms with van der Waals surface area (Å²) in [7, 11) is -1.02. The maximum absolute atomic E-state index is 12.5. The number of hydrogen-bond acceptors (Lipinski definition) is 4. The number of carbonyl (C=O) groups excluding carboxylic acids is 1. The molecule has 0 fully saturated rings. The maximum atomic E-state index is 12.5. The Hall–Kier alpha value is -2.35. The fraction of sp³-hybridized carbons (Fsp3) is 0.0667. The quantitative estimate of drug-likeness (QED) is 0.625. The molecule has 6 nitrogen and oxygen atoms in total. The van der Waals surface area contributed by atoms with Gasteiger partial charge in [0.1, 0.15) is 0 Å². The van der Waals surface area contributed by atoms with Crippen LogP contribution in [0, 0.1) is 0 Å². The number of aromatic amines is 1. The van der Waals surface area contributed by atoms with Gasteiger partial charge in [-0.15, -0.1) is 0 Å². The molecule has 0 saturated heterocycles. The summed E-state index contributed by atoms with van der Waals surface area (Å²) in [5, 5.41) is 20.6. The van der Waals surface area contributed by atoms with E-state index in [4.69, 9.17) is 16.3 Å². The lowest BCUT2D eigenvalue weighted by Gasteiger charge is -2.09. The molecule has 0 unspecified atom stereocenters. The van der Waals surface area contributed by atoms with E-state index in [1.54, 1.807) is 24.4 Å². The third kappa shape index (κ3) is 2.48. The second-order valence-corrected chi connectivity index (χ2v) is 5.73. The van der Waals surface area contributed by atoms with Crippen molar-refractivity contribution >= 4 is 46.7 Å². The summed E-state index contributed by atoms with van der Waals surface area (Å²) in [6, 6.07) is 8.65. The molecule has 4 rings (SSSR count). The Morgan fingerprint density at radius 3 is 3.13 bits per heavy atom. The van der Waals surface area contributed by atoms with Crippen LogP contribution >= 0.6 is 11.6 Å². The van der Waals surface area contributed by atoms with Crippen molar-refractivity contribution in [1.29, 1.82) is 0 Å². The van der Waals surface area contributed by atoms with Gasteiger partial charge in [0.15, 0.2) is 0 Å². The maximum Gasteiger partial charge on any atom is 0.491 e. The van der Waals surface area contributed by atoms with Crippen molar-refractivity contribution in [3.63, 3.8) is 0 Å². The van der Waals surface area contributed by atoms with Crippen LogP contribution in [0.2, 0.25) is 5.02 Å². The van der Waals surface area contributed by atoms with E-state index in [1.807, 2.05) is 12.1 Å². The molecule has 1 aliphatic rings. The van der Waals surface area contributed by atoms with Crippen LogP contribution in [-0.2, 0) is 11.3 Å². The zero-order valence-electron chi connectivity index (χ0n) is 11.8. The highest BCUT2D eigenvalue weighted by atomic mass is 35.5. The second-order valence-electron chi connectivity index (χ2n) is 5.32. The largest absolute Gasteiger partial charge is 0.491 e. The Bertz CT molecular complexity index is 927. The number of anilines is 1. The van der Waals surface area contributed by atoms with E-state index in [9.17, 15) is 9.82 Å². The molecule has 0 radical (unpaired) electrons. The molecule has 0 spiro atoms. The topological polar surface area (TPSA) is 87.2 Å². The highest BCUT2D eigenvalue weighted by molar-refractivity contribution is 6.61. The average Bonchev–Trinajstić information content (AvgIpc) is 3.13. The Kier molecular flexibility index (Phi) is 3.34. The predicted octanol–water partition coefficient (Wildman–Crippen LogP) is 1.69. The van der Waals surface area contributed by atoms with Gasteiger partial charge in [0.05, 0.1) is 28.9 Å². The number of rotatable bonds is 2. The van der Waals surface area contributed by atoms with Crippen LogP contribution in [0.15, 0.2) is 36.5 Å². The SMILES string of the molecule is O=C(Nc1ccc2[nH]ncc2c1)c1cc2c(cc1Cl)COB2O. The van der Waals surface area contributed by atoms with Crippen LogP contribution in [-0.4, -0.2) is 28.2 Å². The van der Waals surface area contributed by atoms with Gasteiger partial charge in [-0.3, -0.25) is 9.89 Å². The van der Waals surface area contributed by atoms with Crippen molar-refractivity contribution in [3.8, 4) is 0 Å². The Morgan fingerprint density at radius 1 is 1.39 bits per heavy atom. The first-order valence-electron chi connectivity index (χ1n) is 6.98. The van der Waals surface area contributed by atoms with Crippen molar-refractivity contribution < 1.29 is 14.5 Å². The molecule has 0 aliphatic carbocycles. The summed E-state index contributed by atoms with van der Waals surface area (Å²) >= 11 is 6.18.